The van der Waals surface area contributed by atoms with Crippen LogP contribution in [0.2, 0.25) is 5.15 Å². The van der Waals surface area contributed by atoms with Crippen LogP contribution in [0.3, 0.4) is 0 Å². The molecule has 1 fully saturated rings. The Morgan fingerprint density at radius 3 is 2.48 bits per heavy atom. The van der Waals surface area contributed by atoms with E-state index in [4.69, 9.17) is 11.6 Å². The Labute approximate surface area is 128 Å². The second kappa shape index (κ2) is 6.36. The summed E-state index contributed by atoms with van der Waals surface area (Å²) < 4.78 is 24.1. The smallest absolute Gasteiger partial charge is 0.297 e. The number of rotatable bonds is 5. The molecule has 1 aromatic rings. The third kappa shape index (κ3) is 3.58. The molecule has 0 saturated heterocycles. The Kier molecular flexibility index (Phi) is 4.93. The van der Waals surface area contributed by atoms with Crippen LogP contribution in [-0.4, -0.2) is 29.5 Å². The number of hydrogen-bond acceptors (Lipinski definition) is 4. The minimum Gasteiger partial charge on any atom is -0.297 e. The second-order valence-electron chi connectivity index (χ2n) is 5.33. The summed E-state index contributed by atoms with van der Waals surface area (Å²) in [5, 5.41) is 0.0894. The maximum atomic E-state index is 12.5. The standard InChI is InChI=1S/C13H19ClN2O4S/c1-2-21(19,20)8-7-16-12(17)10(9-5-3-4-6-9)11(14)15-13(16)18/h9H,2-8H2,1H3,(H,15,18). The molecule has 1 aliphatic carbocycles. The average molecular weight is 335 g/mol. The Morgan fingerprint density at radius 2 is 1.90 bits per heavy atom. The van der Waals surface area contributed by atoms with Crippen molar-refractivity contribution < 1.29 is 8.42 Å². The van der Waals surface area contributed by atoms with Gasteiger partial charge >= 0.3 is 5.69 Å². The maximum Gasteiger partial charge on any atom is 0.329 e. The van der Waals surface area contributed by atoms with Gasteiger partial charge in [0, 0.05) is 12.3 Å². The zero-order valence-electron chi connectivity index (χ0n) is 11.9. The highest BCUT2D eigenvalue weighted by Gasteiger charge is 2.25. The lowest BCUT2D eigenvalue weighted by Gasteiger charge is -2.13. The lowest BCUT2D eigenvalue weighted by atomic mass is 10.0. The van der Waals surface area contributed by atoms with Crippen LogP contribution < -0.4 is 11.2 Å². The molecule has 1 heterocycles. The van der Waals surface area contributed by atoms with Gasteiger partial charge < -0.3 is 0 Å². The average Bonchev–Trinajstić information content (AvgIpc) is 2.91. The fourth-order valence-corrected chi connectivity index (χ4v) is 3.77. The molecule has 1 aliphatic rings. The van der Waals surface area contributed by atoms with Crippen LogP contribution >= 0.6 is 11.6 Å². The molecule has 0 aromatic carbocycles. The topological polar surface area (TPSA) is 89.0 Å². The minimum absolute atomic E-state index is 0.0112. The van der Waals surface area contributed by atoms with E-state index >= 15 is 0 Å². The van der Waals surface area contributed by atoms with Crippen molar-refractivity contribution in [2.24, 2.45) is 0 Å². The zero-order valence-corrected chi connectivity index (χ0v) is 13.5. The largest absolute Gasteiger partial charge is 0.329 e. The van der Waals surface area contributed by atoms with Crippen molar-refractivity contribution in [3.8, 4) is 0 Å². The molecule has 2 rings (SSSR count). The summed E-state index contributed by atoms with van der Waals surface area (Å²) in [7, 11) is -3.24. The SMILES string of the molecule is CCS(=O)(=O)CCn1c(=O)[nH]c(Cl)c(C2CCCC2)c1=O. The molecule has 0 amide bonds. The lowest BCUT2D eigenvalue weighted by Crippen LogP contribution is -2.39. The number of halogens is 1. The van der Waals surface area contributed by atoms with Crippen LogP contribution in [0.1, 0.15) is 44.1 Å². The van der Waals surface area contributed by atoms with Crippen molar-refractivity contribution in [1.29, 1.82) is 0 Å². The predicted molar refractivity (Wildman–Crippen MR) is 81.9 cm³/mol. The first-order valence-electron chi connectivity index (χ1n) is 7.08. The van der Waals surface area contributed by atoms with E-state index in [9.17, 15) is 18.0 Å². The molecule has 0 radical (unpaired) electrons. The van der Waals surface area contributed by atoms with Crippen LogP contribution in [-0.2, 0) is 16.4 Å². The number of nitrogens with zero attached hydrogens (tertiary/aromatic N) is 1. The van der Waals surface area contributed by atoms with Crippen LogP contribution in [0.15, 0.2) is 9.59 Å². The van der Waals surface area contributed by atoms with Crippen molar-refractivity contribution in [3.63, 3.8) is 0 Å². The third-order valence-corrected chi connectivity index (χ3v) is 5.99. The van der Waals surface area contributed by atoms with Gasteiger partial charge in [0.1, 0.15) is 5.15 Å². The highest BCUT2D eigenvalue weighted by molar-refractivity contribution is 7.91. The van der Waals surface area contributed by atoms with E-state index in [1.54, 1.807) is 0 Å². The highest BCUT2D eigenvalue weighted by Crippen LogP contribution is 2.34. The molecule has 118 valence electrons. The monoisotopic (exact) mass is 334 g/mol. The molecule has 21 heavy (non-hydrogen) atoms. The van der Waals surface area contributed by atoms with Crippen LogP contribution in [0.4, 0.5) is 0 Å². The Balaban J connectivity index is 2.40. The molecule has 8 heteroatoms. The predicted octanol–water partition coefficient (Wildman–Crippen LogP) is 1.28. The molecule has 1 N–H and O–H groups in total. The number of hydrogen-bond donors (Lipinski definition) is 1. The minimum atomic E-state index is -3.24. The van der Waals surface area contributed by atoms with Crippen molar-refractivity contribution in [1.82, 2.24) is 9.55 Å². The van der Waals surface area contributed by atoms with Gasteiger partial charge in [-0.3, -0.25) is 14.3 Å². The number of sulfone groups is 1. The van der Waals surface area contributed by atoms with Crippen molar-refractivity contribution in [3.05, 3.63) is 31.6 Å². The molecule has 0 spiro atoms. The van der Waals surface area contributed by atoms with Crippen LogP contribution in [0.5, 0.6) is 0 Å². The molecule has 1 saturated carbocycles. The van der Waals surface area contributed by atoms with Gasteiger partial charge in [-0.1, -0.05) is 31.4 Å². The summed E-state index contributed by atoms with van der Waals surface area (Å²) in [6, 6.07) is 0. The van der Waals surface area contributed by atoms with Gasteiger partial charge in [0.15, 0.2) is 9.84 Å². The molecule has 0 unspecified atom stereocenters. The van der Waals surface area contributed by atoms with Crippen LogP contribution in [0.25, 0.3) is 0 Å². The first-order valence-corrected chi connectivity index (χ1v) is 9.28. The van der Waals surface area contributed by atoms with E-state index < -0.39 is 21.1 Å². The third-order valence-electron chi connectivity index (χ3n) is 4.00. The maximum absolute atomic E-state index is 12.5. The van der Waals surface area contributed by atoms with Gasteiger partial charge in [0.2, 0.25) is 0 Å². The summed E-state index contributed by atoms with van der Waals surface area (Å²) in [5.74, 6) is -0.183. The first kappa shape index (κ1) is 16.3. The van der Waals surface area contributed by atoms with Gasteiger partial charge in [-0.05, 0) is 18.8 Å². The number of aromatic amines is 1. The van der Waals surface area contributed by atoms with E-state index in [1.165, 1.54) is 6.92 Å². The Morgan fingerprint density at radius 1 is 1.29 bits per heavy atom. The van der Waals surface area contributed by atoms with E-state index in [0.717, 1.165) is 30.3 Å². The second-order valence-corrected chi connectivity index (χ2v) is 8.18. The van der Waals surface area contributed by atoms with Gasteiger partial charge in [-0.2, -0.15) is 0 Å². The van der Waals surface area contributed by atoms with Gasteiger partial charge in [0.05, 0.1) is 11.3 Å². The summed E-state index contributed by atoms with van der Waals surface area (Å²) in [5.41, 5.74) is -0.692. The van der Waals surface area contributed by atoms with E-state index in [2.05, 4.69) is 4.98 Å². The molecule has 6 nitrogen and oxygen atoms in total. The normalized spacial score (nSPS) is 16.5. The Hall–Kier alpha value is -1.08. The molecular weight excluding hydrogens is 316 g/mol. The summed E-state index contributed by atoms with van der Waals surface area (Å²) >= 11 is 6.02. The van der Waals surface area contributed by atoms with Gasteiger partial charge in [0.25, 0.3) is 5.56 Å². The molecule has 0 bridgehead atoms. The Bertz CT molecular complexity index is 730. The molecule has 0 aliphatic heterocycles. The summed E-state index contributed by atoms with van der Waals surface area (Å²) in [4.78, 5) is 26.8. The molecule has 1 aromatic heterocycles. The van der Waals surface area contributed by atoms with Crippen molar-refractivity contribution in [2.75, 3.05) is 11.5 Å². The highest BCUT2D eigenvalue weighted by atomic mass is 35.5. The fraction of sp³-hybridized carbons (Fsp3) is 0.692. The molecular formula is C13H19ClN2O4S. The van der Waals surface area contributed by atoms with Crippen molar-refractivity contribution in [2.45, 2.75) is 45.1 Å². The van der Waals surface area contributed by atoms with E-state index in [0.29, 0.717) is 5.56 Å². The quantitative estimate of drug-likeness (QED) is 0.821. The lowest BCUT2D eigenvalue weighted by molar-refractivity contribution is 0.580. The number of nitrogens with one attached hydrogen (secondary N) is 1. The van der Waals surface area contributed by atoms with Crippen LogP contribution in [0, 0.1) is 0 Å². The summed E-state index contributed by atoms with van der Waals surface area (Å²) in [6.07, 6.45) is 3.80. The fourth-order valence-electron chi connectivity index (χ4n) is 2.71. The van der Waals surface area contributed by atoms with Crippen molar-refractivity contribution >= 4 is 21.4 Å². The number of H-pyrrole nitrogens is 1. The molecule has 0 atom stereocenters. The number of aromatic nitrogens is 2. The van der Waals surface area contributed by atoms with Gasteiger partial charge in [-0.25, -0.2) is 13.2 Å². The van der Waals surface area contributed by atoms with E-state index in [1.807, 2.05) is 0 Å². The first-order chi connectivity index (χ1) is 9.85. The van der Waals surface area contributed by atoms with Gasteiger partial charge in [-0.15, -0.1) is 0 Å². The zero-order chi connectivity index (χ0) is 15.6. The summed E-state index contributed by atoms with van der Waals surface area (Å²) in [6.45, 7) is 1.40. The van der Waals surface area contributed by atoms with E-state index in [-0.39, 0.29) is 29.1 Å².